The second kappa shape index (κ2) is 4.76. The Labute approximate surface area is 90.1 Å². The zero-order chi connectivity index (χ0) is 10.6. The molecule has 1 rings (SSSR count). The van der Waals surface area contributed by atoms with Crippen molar-refractivity contribution in [1.82, 2.24) is 0 Å². The molecule has 1 aromatic rings. The molecular weight excluding hydrogens is 246 g/mol. The van der Waals surface area contributed by atoms with Crippen molar-refractivity contribution in [3.05, 3.63) is 28.7 Å². The molecule has 1 aromatic carbocycles. The molecule has 0 saturated heterocycles. The van der Waals surface area contributed by atoms with Crippen LogP contribution in [0.2, 0.25) is 0 Å². The Bertz CT molecular complexity index is 365. The van der Waals surface area contributed by atoms with Crippen LogP contribution in [-0.2, 0) is 4.79 Å². The fourth-order valence-corrected chi connectivity index (χ4v) is 1.31. The first-order valence-electron chi connectivity index (χ1n) is 3.97. The molecule has 0 aliphatic heterocycles. The van der Waals surface area contributed by atoms with E-state index >= 15 is 0 Å². The van der Waals surface area contributed by atoms with Gasteiger partial charge in [0.1, 0.15) is 5.84 Å². The number of amides is 1. The van der Waals surface area contributed by atoms with Gasteiger partial charge in [0.2, 0.25) is 5.91 Å². The minimum absolute atomic E-state index is 0.0820. The van der Waals surface area contributed by atoms with Gasteiger partial charge in [0.15, 0.2) is 0 Å². The van der Waals surface area contributed by atoms with Gasteiger partial charge >= 0.3 is 0 Å². The highest BCUT2D eigenvalue weighted by Crippen LogP contribution is 2.21. The number of benzene rings is 1. The summed E-state index contributed by atoms with van der Waals surface area (Å²) in [5, 5.41) is 9.58. The molecule has 0 unspecified atom stereocenters. The Hall–Kier alpha value is -1.36. The lowest BCUT2D eigenvalue weighted by atomic mass is 10.3. The Kier molecular flexibility index (Phi) is 3.64. The first-order valence-corrected chi connectivity index (χ1v) is 4.76. The minimum Gasteiger partial charge on any atom is -0.387 e. The van der Waals surface area contributed by atoms with Gasteiger partial charge in [-0.25, -0.2) is 0 Å². The van der Waals surface area contributed by atoms with Gasteiger partial charge in [-0.3, -0.25) is 10.2 Å². The second-order valence-corrected chi connectivity index (χ2v) is 3.58. The smallest absolute Gasteiger partial charge is 0.231 e. The van der Waals surface area contributed by atoms with Gasteiger partial charge in [0.25, 0.3) is 0 Å². The van der Waals surface area contributed by atoms with E-state index in [0.29, 0.717) is 5.69 Å². The molecule has 0 aliphatic rings. The summed E-state index contributed by atoms with van der Waals surface area (Å²) < 4.78 is 0.803. The molecule has 14 heavy (non-hydrogen) atoms. The van der Waals surface area contributed by atoms with Crippen molar-refractivity contribution in [2.75, 3.05) is 5.32 Å². The monoisotopic (exact) mass is 255 g/mol. The Morgan fingerprint density at radius 2 is 2.14 bits per heavy atom. The maximum absolute atomic E-state index is 11.2. The molecule has 4 nitrogen and oxygen atoms in total. The average molecular weight is 256 g/mol. The molecule has 0 aromatic heterocycles. The van der Waals surface area contributed by atoms with E-state index in [-0.39, 0.29) is 18.2 Å². The van der Waals surface area contributed by atoms with Crippen molar-refractivity contribution in [3.63, 3.8) is 0 Å². The van der Waals surface area contributed by atoms with E-state index in [1.807, 2.05) is 18.2 Å². The van der Waals surface area contributed by atoms with Gasteiger partial charge in [-0.1, -0.05) is 12.1 Å². The Morgan fingerprint density at radius 1 is 1.50 bits per heavy atom. The number of para-hydroxylation sites is 1. The highest BCUT2D eigenvalue weighted by Gasteiger charge is 2.05. The summed E-state index contributed by atoms with van der Waals surface area (Å²) in [5.74, 6) is -0.432. The van der Waals surface area contributed by atoms with Crippen LogP contribution in [0.25, 0.3) is 0 Å². The summed E-state index contributed by atoms with van der Waals surface area (Å²) in [7, 11) is 0. The molecule has 0 radical (unpaired) electrons. The van der Waals surface area contributed by atoms with Crippen LogP contribution in [0.1, 0.15) is 6.42 Å². The zero-order valence-electron chi connectivity index (χ0n) is 7.38. The van der Waals surface area contributed by atoms with Crippen molar-refractivity contribution in [2.45, 2.75) is 6.42 Å². The van der Waals surface area contributed by atoms with Crippen LogP contribution in [0.5, 0.6) is 0 Å². The molecule has 0 heterocycles. The minimum atomic E-state index is -0.288. The third-order valence-corrected chi connectivity index (χ3v) is 2.19. The molecule has 0 bridgehead atoms. The number of rotatable bonds is 3. The molecular formula is C9H10BrN3O. The van der Waals surface area contributed by atoms with Crippen LogP contribution in [0, 0.1) is 5.41 Å². The van der Waals surface area contributed by atoms with Gasteiger partial charge in [0.05, 0.1) is 12.1 Å². The van der Waals surface area contributed by atoms with Gasteiger partial charge < -0.3 is 11.1 Å². The van der Waals surface area contributed by atoms with Crippen LogP contribution in [0.4, 0.5) is 5.69 Å². The lowest BCUT2D eigenvalue weighted by Crippen LogP contribution is -2.21. The molecule has 5 heteroatoms. The summed E-state index contributed by atoms with van der Waals surface area (Å²) in [6, 6.07) is 7.25. The van der Waals surface area contributed by atoms with Gasteiger partial charge in [-0.2, -0.15) is 0 Å². The first-order chi connectivity index (χ1) is 6.59. The Balaban J connectivity index is 2.65. The van der Waals surface area contributed by atoms with Crippen molar-refractivity contribution in [3.8, 4) is 0 Å². The molecule has 1 amide bonds. The first kappa shape index (κ1) is 10.7. The van der Waals surface area contributed by atoms with Crippen LogP contribution >= 0.6 is 15.9 Å². The highest BCUT2D eigenvalue weighted by atomic mass is 79.9. The number of hydrogen-bond donors (Lipinski definition) is 3. The predicted molar refractivity (Wildman–Crippen MR) is 59.3 cm³/mol. The van der Waals surface area contributed by atoms with E-state index in [2.05, 4.69) is 21.2 Å². The SMILES string of the molecule is N=C(N)CC(=O)Nc1ccccc1Br. The summed E-state index contributed by atoms with van der Waals surface area (Å²) in [5.41, 5.74) is 5.78. The number of halogens is 1. The third kappa shape index (κ3) is 3.18. The number of amidine groups is 1. The number of carbonyl (C=O) groups excluding carboxylic acids is 1. The van der Waals surface area contributed by atoms with Crippen molar-refractivity contribution < 1.29 is 4.79 Å². The van der Waals surface area contributed by atoms with E-state index < -0.39 is 0 Å². The molecule has 4 N–H and O–H groups in total. The van der Waals surface area contributed by atoms with Crippen molar-refractivity contribution in [1.29, 1.82) is 5.41 Å². The van der Waals surface area contributed by atoms with Gasteiger partial charge in [-0.15, -0.1) is 0 Å². The molecule has 0 aliphatic carbocycles. The maximum atomic E-state index is 11.2. The largest absolute Gasteiger partial charge is 0.387 e. The van der Waals surface area contributed by atoms with E-state index in [0.717, 1.165) is 4.47 Å². The molecule has 0 spiro atoms. The molecule has 0 saturated carbocycles. The van der Waals surface area contributed by atoms with Crippen LogP contribution in [0.15, 0.2) is 28.7 Å². The van der Waals surface area contributed by atoms with Gasteiger partial charge in [-0.05, 0) is 28.1 Å². The third-order valence-electron chi connectivity index (χ3n) is 1.50. The number of nitrogens with one attached hydrogen (secondary N) is 2. The predicted octanol–water partition coefficient (Wildman–Crippen LogP) is 1.71. The summed E-state index contributed by atoms with van der Waals surface area (Å²) >= 11 is 3.29. The Morgan fingerprint density at radius 3 is 2.71 bits per heavy atom. The molecule has 0 fully saturated rings. The molecule has 74 valence electrons. The number of nitrogens with two attached hydrogens (primary N) is 1. The normalized spacial score (nSPS) is 9.50. The van der Waals surface area contributed by atoms with E-state index in [1.165, 1.54) is 0 Å². The van der Waals surface area contributed by atoms with E-state index in [1.54, 1.807) is 6.07 Å². The van der Waals surface area contributed by atoms with E-state index in [9.17, 15) is 4.79 Å². The number of anilines is 1. The number of hydrogen-bond acceptors (Lipinski definition) is 2. The van der Waals surface area contributed by atoms with E-state index in [4.69, 9.17) is 11.1 Å². The topological polar surface area (TPSA) is 79.0 Å². The zero-order valence-corrected chi connectivity index (χ0v) is 8.97. The lowest BCUT2D eigenvalue weighted by molar-refractivity contribution is -0.115. The number of carbonyl (C=O) groups is 1. The summed E-state index contributed by atoms with van der Waals surface area (Å²) in [4.78, 5) is 11.2. The second-order valence-electron chi connectivity index (χ2n) is 2.73. The standard InChI is InChI=1S/C9H10BrN3O/c10-6-3-1-2-4-7(6)13-9(14)5-8(11)12/h1-4H,5H2,(H3,11,12)(H,13,14). The summed E-state index contributed by atoms with van der Waals surface area (Å²) in [6.07, 6.45) is -0.0820. The van der Waals surface area contributed by atoms with Crippen LogP contribution in [0.3, 0.4) is 0 Å². The van der Waals surface area contributed by atoms with Crippen LogP contribution < -0.4 is 11.1 Å². The fraction of sp³-hybridized carbons (Fsp3) is 0.111. The van der Waals surface area contributed by atoms with Crippen LogP contribution in [-0.4, -0.2) is 11.7 Å². The summed E-state index contributed by atoms with van der Waals surface area (Å²) in [6.45, 7) is 0. The average Bonchev–Trinajstić information content (AvgIpc) is 2.07. The van der Waals surface area contributed by atoms with Crippen molar-refractivity contribution in [2.24, 2.45) is 5.73 Å². The maximum Gasteiger partial charge on any atom is 0.231 e. The van der Waals surface area contributed by atoms with Gasteiger partial charge in [0, 0.05) is 4.47 Å². The molecule has 0 atom stereocenters. The fourth-order valence-electron chi connectivity index (χ4n) is 0.930. The van der Waals surface area contributed by atoms with Crippen molar-refractivity contribution >= 4 is 33.4 Å². The quantitative estimate of drug-likeness (QED) is 0.568. The lowest BCUT2D eigenvalue weighted by Gasteiger charge is -2.05. The highest BCUT2D eigenvalue weighted by molar-refractivity contribution is 9.10.